The lowest BCUT2D eigenvalue weighted by Crippen LogP contribution is -2.41. The SMILES string of the molecule is CNC(=O)C(Nc1ccnc(C2CC2)n1)C(C)C. The molecule has 1 amide bonds. The molecule has 1 aromatic heterocycles. The van der Waals surface area contributed by atoms with Crippen LogP contribution in [0.15, 0.2) is 12.3 Å². The van der Waals surface area contributed by atoms with Crippen molar-refractivity contribution in [2.45, 2.75) is 38.6 Å². The van der Waals surface area contributed by atoms with E-state index in [-0.39, 0.29) is 17.9 Å². The van der Waals surface area contributed by atoms with Gasteiger partial charge in [0.2, 0.25) is 5.91 Å². The Morgan fingerprint density at radius 3 is 2.72 bits per heavy atom. The molecular weight excluding hydrogens is 228 g/mol. The van der Waals surface area contributed by atoms with Crippen molar-refractivity contribution in [2.75, 3.05) is 12.4 Å². The molecule has 0 aromatic carbocycles. The summed E-state index contributed by atoms with van der Waals surface area (Å²) in [7, 11) is 1.65. The van der Waals surface area contributed by atoms with E-state index in [4.69, 9.17) is 0 Å². The zero-order valence-electron chi connectivity index (χ0n) is 11.1. The average Bonchev–Trinajstić information content (AvgIpc) is 3.19. The summed E-state index contributed by atoms with van der Waals surface area (Å²) in [4.78, 5) is 20.5. The van der Waals surface area contributed by atoms with Crippen molar-refractivity contribution in [3.8, 4) is 0 Å². The Labute approximate surface area is 107 Å². The van der Waals surface area contributed by atoms with Crippen molar-refractivity contribution in [2.24, 2.45) is 5.92 Å². The molecule has 1 atom stereocenters. The number of hydrogen-bond donors (Lipinski definition) is 2. The topological polar surface area (TPSA) is 66.9 Å². The molecule has 0 spiro atoms. The minimum Gasteiger partial charge on any atom is -0.358 e. The highest BCUT2D eigenvalue weighted by Crippen LogP contribution is 2.38. The van der Waals surface area contributed by atoms with Crippen molar-refractivity contribution in [1.82, 2.24) is 15.3 Å². The van der Waals surface area contributed by atoms with Gasteiger partial charge < -0.3 is 10.6 Å². The Balaban J connectivity index is 2.10. The number of hydrogen-bond acceptors (Lipinski definition) is 4. The van der Waals surface area contributed by atoms with Gasteiger partial charge in [-0.25, -0.2) is 9.97 Å². The first-order valence-corrected chi connectivity index (χ1v) is 6.43. The average molecular weight is 248 g/mol. The maximum Gasteiger partial charge on any atom is 0.242 e. The van der Waals surface area contributed by atoms with E-state index in [1.54, 1.807) is 13.2 Å². The van der Waals surface area contributed by atoms with E-state index in [1.807, 2.05) is 19.9 Å². The molecule has 5 heteroatoms. The second-order valence-electron chi connectivity index (χ2n) is 5.05. The van der Waals surface area contributed by atoms with Crippen LogP contribution in [-0.2, 0) is 4.79 Å². The Morgan fingerprint density at radius 2 is 2.17 bits per heavy atom. The highest BCUT2D eigenvalue weighted by Gasteiger charge is 2.27. The van der Waals surface area contributed by atoms with Crippen LogP contribution in [0.1, 0.15) is 38.4 Å². The molecule has 0 bridgehead atoms. The van der Waals surface area contributed by atoms with Gasteiger partial charge in [-0.15, -0.1) is 0 Å². The van der Waals surface area contributed by atoms with Gasteiger partial charge in [0.05, 0.1) is 0 Å². The smallest absolute Gasteiger partial charge is 0.242 e. The standard InChI is InChI=1S/C13H20N4O/c1-8(2)11(13(18)14-3)16-10-6-7-15-12(17-10)9-4-5-9/h6-9,11H,4-5H2,1-3H3,(H,14,18)(H,15,16,17). The van der Waals surface area contributed by atoms with Gasteiger partial charge in [0.1, 0.15) is 17.7 Å². The van der Waals surface area contributed by atoms with Crippen LogP contribution in [0.2, 0.25) is 0 Å². The normalized spacial score (nSPS) is 16.4. The third-order valence-electron chi connectivity index (χ3n) is 3.12. The minimum absolute atomic E-state index is 0.0171. The molecule has 18 heavy (non-hydrogen) atoms. The lowest BCUT2D eigenvalue weighted by atomic mass is 10.0. The molecule has 2 rings (SSSR count). The van der Waals surface area contributed by atoms with E-state index in [2.05, 4.69) is 20.6 Å². The van der Waals surface area contributed by atoms with E-state index in [0.29, 0.717) is 5.92 Å². The minimum atomic E-state index is -0.267. The number of amides is 1. The van der Waals surface area contributed by atoms with Gasteiger partial charge in [-0.2, -0.15) is 0 Å². The van der Waals surface area contributed by atoms with Crippen LogP contribution in [0, 0.1) is 5.92 Å². The highest BCUT2D eigenvalue weighted by molar-refractivity contribution is 5.84. The van der Waals surface area contributed by atoms with Gasteiger partial charge in [-0.1, -0.05) is 13.8 Å². The summed E-state index contributed by atoms with van der Waals surface area (Å²) in [6.45, 7) is 4.02. The van der Waals surface area contributed by atoms with Gasteiger partial charge in [0, 0.05) is 19.2 Å². The fourth-order valence-electron chi connectivity index (χ4n) is 1.84. The van der Waals surface area contributed by atoms with Crippen LogP contribution in [0.25, 0.3) is 0 Å². The molecule has 98 valence electrons. The van der Waals surface area contributed by atoms with Crippen LogP contribution < -0.4 is 10.6 Å². The number of nitrogens with zero attached hydrogens (tertiary/aromatic N) is 2. The molecule has 0 radical (unpaired) electrons. The van der Waals surface area contributed by atoms with E-state index in [1.165, 1.54) is 12.8 Å². The summed E-state index contributed by atoms with van der Waals surface area (Å²) in [5, 5.41) is 5.86. The summed E-state index contributed by atoms with van der Waals surface area (Å²) < 4.78 is 0. The first-order valence-electron chi connectivity index (χ1n) is 6.43. The predicted molar refractivity (Wildman–Crippen MR) is 70.3 cm³/mol. The van der Waals surface area contributed by atoms with Crippen molar-refractivity contribution in [3.63, 3.8) is 0 Å². The molecular formula is C13H20N4O. The highest BCUT2D eigenvalue weighted by atomic mass is 16.2. The van der Waals surface area contributed by atoms with E-state index < -0.39 is 0 Å². The second kappa shape index (κ2) is 5.33. The Kier molecular flexibility index (Phi) is 3.79. The molecule has 1 aliphatic carbocycles. The monoisotopic (exact) mass is 248 g/mol. The molecule has 0 saturated heterocycles. The van der Waals surface area contributed by atoms with E-state index >= 15 is 0 Å². The molecule has 1 fully saturated rings. The summed E-state index contributed by atoms with van der Waals surface area (Å²) >= 11 is 0. The number of anilines is 1. The number of nitrogens with one attached hydrogen (secondary N) is 2. The second-order valence-corrected chi connectivity index (χ2v) is 5.05. The Morgan fingerprint density at radius 1 is 1.44 bits per heavy atom. The van der Waals surface area contributed by atoms with Crippen LogP contribution in [0.5, 0.6) is 0 Å². The maximum absolute atomic E-state index is 11.8. The lowest BCUT2D eigenvalue weighted by molar-refractivity contribution is -0.122. The summed E-state index contributed by atoms with van der Waals surface area (Å²) in [6, 6.07) is 1.54. The Bertz CT molecular complexity index is 429. The zero-order valence-corrected chi connectivity index (χ0v) is 11.1. The fourth-order valence-corrected chi connectivity index (χ4v) is 1.84. The van der Waals surface area contributed by atoms with Crippen molar-refractivity contribution in [1.29, 1.82) is 0 Å². The van der Waals surface area contributed by atoms with Crippen LogP contribution in [0.4, 0.5) is 5.82 Å². The summed E-state index contributed by atoms with van der Waals surface area (Å²) in [5.74, 6) is 2.32. The van der Waals surface area contributed by atoms with Crippen molar-refractivity contribution < 1.29 is 4.79 Å². The van der Waals surface area contributed by atoms with Crippen LogP contribution >= 0.6 is 0 Å². The molecule has 1 heterocycles. The Hall–Kier alpha value is -1.65. The third-order valence-corrected chi connectivity index (χ3v) is 3.12. The zero-order chi connectivity index (χ0) is 13.1. The molecule has 1 unspecified atom stereocenters. The molecule has 2 N–H and O–H groups in total. The number of carbonyl (C=O) groups is 1. The number of rotatable bonds is 5. The maximum atomic E-state index is 11.8. The van der Waals surface area contributed by atoms with Crippen molar-refractivity contribution >= 4 is 11.7 Å². The van der Waals surface area contributed by atoms with Gasteiger partial charge >= 0.3 is 0 Å². The molecule has 0 aliphatic heterocycles. The van der Waals surface area contributed by atoms with Gasteiger partial charge in [0.15, 0.2) is 0 Å². The van der Waals surface area contributed by atoms with Crippen molar-refractivity contribution in [3.05, 3.63) is 18.1 Å². The van der Waals surface area contributed by atoms with Crippen LogP contribution in [-0.4, -0.2) is 29.0 Å². The van der Waals surface area contributed by atoms with E-state index in [9.17, 15) is 4.79 Å². The first kappa shape index (κ1) is 12.8. The molecule has 1 saturated carbocycles. The van der Waals surface area contributed by atoms with Crippen LogP contribution in [0.3, 0.4) is 0 Å². The largest absolute Gasteiger partial charge is 0.358 e. The summed E-state index contributed by atoms with van der Waals surface area (Å²) in [6.07, 6.45) is 4.10. The predicted octanol–water partition coefficient (Wildman–Crippen LogP) is 1.54. The fraction of sp³-hybridized carbons (Fsp3) is 0.615. The number of likely N-dealkylation sites (N-methyl/N-ethyl adjacent to an activating group) is 1. The molecule has 5 nitrogen and oxygen atoms in total. The molecule has 1 aromatic rings. The van der Waals surface area contributed by atoms with E-state index in [0.717, 1.165) is 11.6 Å². The quantitative estimate of drug-likeness (QED) is 0.829. The lowest BCUT2D eigenvalue weighted by Gasteiger charge is -2.21. The third kappa shape index (κ3) is 2.97. The first-order chi connectivity index (χ1) is 8.61. The number of carbonyl (C=O) groups excluding carboxylic acids is 1. The molecule has 1 aliphatic rings. The van der Waals surface area contributed by atoms with Gasteiger partial charge in [-0.05, 0) is 24.8 Å². The van der Waals surface area contributed by atoms with Gasteiger partial charge in [-0.3, -0.25) is 4.79 Å². The number of aromatic nitrogens is 2. The van der Waals surface area contributed by atoms with Gasteiger partial charge in [0.25, 0.3) is 0 Å². The summed E-state index contributed by atoms with van der Waals surface area (Å²) in [5.41, 5.74) is 0.